The van der Waals surface area contributed by atoms with Crippen LogP contribution in [-0.4, -0.2) is 0 Å². The van der Waals surface area contributed by atoms with Crippen LogP contribution in [0.15, 0.2) is 42.5 Å². The van der Waals surface area contributed by atoms with Gasteiger partial charge >= 0.3 is 0 Å². The van der Waals surface area contributed by atoms with Gasteiger partial charge in [-0.25, -0.2) is 0 Å². The standard InChI is InChI=1S/C19H21Cl/c1-14-6-8-15(9-7-14)12-19(20)18-11-10-16-4-2-3-5-17(16)13-18/h6-11,13,19H,2-5,12H2,1H3. The topological polar surface area (TPSA) is 0 Å². The van der Waals surface area contributed by atoms with Crippen LogP contribution in [0.2, 0.25) is 0 Å². The van der Waals surface area contributed by atoms with E-state index in [0.717, 1.165) is 6.42 Å². The first-order valence-corrected chi connectivity index (χ1v) is 7.97. The van der Waals surface area contributed by atoms with Gasteiger partial charge in [-0.05, 0) is 61.3 Å². The van der Waals surface area contributed by atoms with Gasteiger partial charge in [0.05, 0.1) is 5.38 Å². The average Bonchev–Trinajstić information content (AvgIpc) is 2.49. The van der Waals surface area contributed by atoms with Gasteiger partial charge in [0.2, 0.25) is 0 Å². The van der Waals surface area contributed by atoms with Crippen molar-refractivity contribution in [3.63, 3.8) is 0 Å². The van der Waals surface area contributed by atoms with E-state index in [1.807, 2.05) is 0 Å². The third-order valence-electron chi connectivity index (χ3n) is 4.27. The van der Waals surface area contributed by atoms with Crippen molar-refractivity contribution < 1.29 is 0 Å². The molecule has 104 valence electrons. The van der Waals surface area contributed by atoms with Crippen molar-refractivity contribution in [1.29, 1.82) is 0 Å². The zero-order valence-electron chi connectivity index (χ0n) is 12.0. The molecule has 0 bridgehead atoms. The van der Waals surface area contributed by atoms with Crippen molar-refractivity contribution in [3.8, 4) is 0 Å². The van der Waals surface area contributed by atoms with E-state index < -0.39 is 0 Å². The minimum absolute atomic E-state index is 0.0740. The summed E-state index contributed by atoms with van der Waals surface area (Å²) in [5.74, 6) is 0. The Kier molecular flexibility index (Phi) is 4.12. The lowest BCUT2D eigenvalue weighted by Gasteiger charge is -2.18. The third-order valence-corrected chi connectivity index (χ3v) is 4.68. The van der Waals surface area contributed by atoms with Crippen molar-refractivity contribution in [1.82, 2.24) is 0 Å². The molecular formula is C19H21Cl. The molecule has 0 radical (unpaired) electrons. The molecule has 0 nitrogen and oxygen atoms in total. The van der Waals surface area contributed by atoms with Crippen LogP contribution in [0.3, 0.4) is 0 Å². The average molecular weight is 285 g/mol. The molecule has 0 N–H and O–H groups in total. The van der Waals surface area contributed by atoms with Gasteiger partial charge in [-0.2, -0.15) is 0 Å². The first-order valence-electron chi connectivity index (χ1n) is 7.54. The highest BCUT2D eigenvalue weighted by Crippen LogP contribution is 2.29. The summed E-state index contributed by atoms with van der Waals surface area (Å²) in [5, 5.41) is 0.0740. The zero-order valence-corrected chi connectivity index (χ0v) is 12.8. The van der Waals surface area contributed by atoms with Crippen LogP contribution >= 0.6 is 11.6 Å². The molecule has 1 aliphatic carbocycles. The minimum atomic E-state index is 0.0740. The van der Waals surface area contributed by atoms with Gasteiger partial charge in [0.15, 0.2) is 0 Å². The molecule has 0 aliphatic heterocycles. The molecule has 0 aromatic heterocycles. The Morgan fingerprint density at radius 2 is 1.65 bits per heavy atom. The molecule has 0 amide bonds. The van der Waals surface area contributed by atoms with Crippen LogP contribution < -0.4 is 0 Å². The third kappa shape index (κ3) is 3.07. The predicted octanol–water partition coefficient (Wildman–Crippen LogP) is 5.40. The molecule has 0 heterocycles. The molecule has 1 aliphatic rings. The second-order valence-corrected chi connectivity index (χ2v) is 6.42. The summed E-state index contributed by atoms with van der Waals surface area (Å²) in [4.78, 5) is 0. The number of fused-ring (bicyclic) bond motifs is 1. The highest BCUT2D eigenvalue weighted by molar-refractivity contribution is 6.20. The van der Waals surface area contributed by atoms with Crippen molar-refractivity contribution in [2.75, 3.05) is 0 Å². The lowest BCUT2D eigenvalue weighted by molar-refractivity contribution is 0.683. The molecule has 1 unspecified atom stereocenters. The lowest BCUT2D eigenvalue weighted by Crippen LogP contribution is -2.04. The molecule has 0 spiro atoms. The highest BCUT2D eigenvalue weighted by atomic mass is 35.5. The first kappa shape index (κ1) is 13.7. The maximum atomic E-state index is 6.62. The molecule has 1 heteroatoms. The van der Waals surface area contributed by atoms with Crippen LogP contribution in [0.1, 0.15) is 46.0 Å². The van der Waals surface area contributed by atoms with E-state index in [0.29, 0.717) is 0 Å². The quantitative estimate of drug-likeness (QED) is 0.662. The Bertz CT molecular complexity index is 583. The van der Waals surface area contributed by atoms with Gasteiger partial charge in [0.1, 0.15) is 0 Å². The van der Waals surface area contributed by atoms with E-state index in [1.54, 1.807) is 0 Å². The largest absolute Gasteiger partial charge is 0.117 e. The van der Waals surface area contributed by atoms with Crippen LogP contribution in [0, 0.1) is 6.92 Å². The van der Waals surface area contributed by atoms with E-state index in [2.05, 4.69) is 49.4 Å². The molecule has 0 fully saturated rings. The van der Waals surface area contributed by atoms with Crippen LogP contribution in [0.5, 0.6) is 0 Å². The van der Waals surface area contributed by atoms with Crippen LogP contribution in [0.25, 0.3) is 0 Å². The van der Waals surface area contributed by atoms with E-state index in [9.17, 15) is 0 Å². The summed E-state index contributed by atoms with van der Waals surface area (Å²) in [7, 11) is 0. The molecule has 2 aromatic rings. The predicted molar refractivity (Wildman–Crippen MR) is 86.6 cm³/mol. The number of benzene rings is 2. The summed E-state index contributed by atoms with van der Waals surface area (Å²) in [5.41, 5.74) is 6.93. The van der Waals surface area contributed by atoms with E-state index in [-0.39, 0.29) is 5.38 Å². The Hall–Kier alpha value is -1.27. The fraction of sp³-hybridized carbons (Fsp3) is 0.368. The van der Waals surface area contributed by atoms with E-state index in [1.165, 1.54) is 53.5 Å². The van der Waals surface area contributed by atoms with Gasteiger partial charge in [0.25, 0.3) is 0 Å². The van der Waals surface area contributed by atoms with Crippen molar-refractivity contribution in [3.05, 3.63) is 70.3 Å². The maximum Gasteiger partial charge on any atom is 0.0625 e. The second kappa shape index (κ2) is 6.01. The summed E-state index contributed by atoms with van der Waals surface area (Å²) < 4.78 is 0. The van der Waals surface area contributed by atoms with Crippen molar-refractivity contribution >= 4 is 11.6 Å². The fourth-order valence-corrected chi connectivity index (χ4v) is 3.31. The summed E-state index contributed by atoms with van der Waals surface area (Å²) in [6.45, 7) is 2.12. The second-order valence-electron chi connectivity index (χ2n) is 5.89. The Labute approximate surface area is 126 Å². The number of rotatable bonds is 3. The molecular weight excluding hydrogens is 264 g/mol. The number of halogens is 1. The van der Waals surface area contributed by atoms with Crippen molar-refractivity contribution in [2.45, 2.75) is 44.4 Å². The minimum Gasteiger partial charge on any atom is -0.117 e. The summed E-state index contributed by atoms with van der Waals surface area (Å²) in [6.07, 6.45) is 6.01. The van der Waals surface area contributed by atoms with Gasteiger partial charge in [0, 0.05) is 0 Å². The number of aryl methyl sites for hydroxylation is 3. The lowest BCUT2D eigenvalue weighted by atomic mass is 9.89. The molecule has 20 heavy (non-hydrogen) atoms. The number of hydrogen-bond acceptors (Lipinski definition) is 0. The summed E-state index contributed by atoms with van der Waals surface area (Å²) in [6, 6.07) is 15.5. The summed E-state index contributed by atoms with van der Waals surface area (Å²) >= 11 is 6.62. The fourth-order valence-electron chi connectivity index (χ4n) is 3.00. The Morgan fingerprint density at radius 1 is 0.950 bits per heavy atom. The Balaban J connectivity index is 1.76. The van der Waals surface area contributed by atoms with E-state index >= 15 is 0 Å². The SMILES string of the molecule is Cc1ccc(CC(Cl)c2ccc3c(c2)CCCC3)cc1. The molecule has 0 saturated heterocycles. The van der Waals surface area contributed by atoms with Gasteiger partial charge in [-0.3, -0.25) is 0 Å². The van der Waals surface area contributed by atoms with Gasteiger partial charge in [-0.1, -0.05) is 48.0 Å². The number of alkyl halides is 1. The molecule has 2 aromatic carbocycles. The number of hydrogen-bond donors (Lipinski definition) is 0. The van der Waals surface area contributed by atoms with Crippen molar-refractivity contribution in [2.24, 2.45) is 0 Å². The smallest absolute Gasteiger partial charge is 0.0625 e. The van der Waals surface area contributed by atoms with Crippen LogP contribution in [-0.2, 0) is 19.3 Å². The molecule has 0 saturated carbocycles. The molecule has 3 rings (SSSR count). The monoisotopic (exact) mass is 284 g/mol. The van der Waals surface area contributed by atoms with E-state index in [4.69, 9.17) is 11.6 Å². The first-order chi connectivity index (χ1) is 9.72. The Morgan fingerprint density at radius 3 is 2.40 bits per heavy atom. The normalized spacial score (nSPS) is 15.7. The van der Waals surface area contributed by atoms with Gasteiger partial charge in [-0.15, -0.1) is 11.6 Å². The zero-order chi connectivity index (χ0) is 13.9. The van der Waals surface area contributed by atoms with Crippen LogP contribution in [0.4, 0.5) is 0 Å². The maximum absolute atomic E-state index is 6.62. The molecule has 1 atom stereocenters. The van der Waals surface area contributed by atoms with Gasteiger partial charge < -0.3 is 0 Å². The highest BCUT2D eigenvalue weighted by Gasteiger charge is 2.14.